The van der Waals surface area contributed by atoms with Gasteiger partial charge in [-0.3, -0.25) is 49.2 Å². The molecule has 4 aromatic heterocycles. The normalized spacial score (nSPS) is 24.3. The molecule has 7 amide bonds. The van der Waals surface area contributed by atoms with Gasteiger partial charge < -0.3 is 63.8 Å². The van der Waals surface area contributed by atoms with E-state index in [0.29, 0.717) is 83.8 Å². The quantitative estimate of drug-likeness (QED) is 0.0106. The van der Waals surface area contributed by atoms with Gasteiger partial charge in [-0.1, -0.05) is 68.3 Å². The number of nitrogens with zero attached hydrogens (tertiary/aromatic N) is 7. The van der Waals surface area contributed by atoms with E-state index in [1.807, 2.05) is 57.2 Å². The minimum atomic E-state index is -1.45. The number of carboxylic acid groups (broad SMARTS) is 1. The summed E-state index contributed by atoms with van der Waals surface area (Å²) in [5.74, 6) is 0.276. The number of nitrogens with one attached hydrogen (secondary N) is 6. The predicted molar refractivity (Wildman–Crippen MR) is 489 cm³/mol. The van der Waals surface area contributed by atoms with E-state index < -0.39 is 115 Å². The second kappa shape index (κ2) is 44.9. The Labute approximate surface area is 874 Å². The Hall–Kier alpha value is -6.99. The van der Waals surface area contributed by atoms with Crippen molar-refractivity contribution in [2.75, 3.05) is 21.3 Å². The molecule has 4 saturated heterocycles. The SMILES string of the molecule is CC(C)(C)OC(=O)N1[C@@H](C(=O)Nc2cc(C(CCC3CC3)(N[S@@](=O)C(C)(C)C)c3ccncc3)ccc2F)C[C@H]2C[C@H]21.CC(C)(C)OC(=O)N1[C@@H](C(=O)O)C[C@H]2C[C@H]21.Cl.NC(CCC1CC1)(c1ccncc1)c1ccc(F)c(NC(=O)[C@H]2C[C@H]3C[C@H]3N2)c1.NC(CCC1CC1)(c1ccncc1)c1ccc(F)c(NC(=O)[C@H]2C[C@H]3C[C@H]3N2C(=O)Nc2ccc(Cl)cn2)c1.O=CO[O-].[H-].[K+].[K+]. The van der Waals surface area contributed by atoms with Gasteiger partial charge in [0.2, 0.25) is 17.7 Å². The van der Waals surface area contributed by atoms with E-state index in [9.17, 15) is 42.2 Å². The number of ether oxygens (including phenoxy) is 2. The molecule has 7 saturated carbocycles. The number of carbonyl (C=O) groups excluding carboxylic acids is 7. The van der Waals surface area contributed by atoms with E-state index in [1.54, 1.807) is 132 Å². The van der Waals surface area contributed by atoms with Crippen LogP contribution in [-0.4, -0.2) is 157 Å². The van der Waals surface area contributed by atoms with E-state index in [-0.39, 0.29) is 182 Å². The number of aliphatic carboxylic acids is 1. The first-order valence-electron chi connectivity index (χ1n) is 45.0. The molecule has 16 atom stereocenters. The molecular weight excluding hydrogens is 1830 g/mol. The van der Waals surface area contributed by atoms with Crippen molar-refractivity contribution in [1.29, 1.82) is 0 Å². The molecule has 0 bridgehead atoms. The van der Waals surface area contributed by atoms with Crippen molar-refractivity contribution in [2.45, 2.75) is 272 Å². The third-order valence-electron chi connectivity index (χ3n) is 26.3. The first kappa shape index (κ1) is 106. The van der Waals surface area contributed by atoms with Crippen LogP contribution in [0.5, 0.6) is 0 Å². The van der Waals surface area contributed by atoms with Crippen molar-refractivity contribution < 1.29 is 185 Å². The largest absolute Gasteiger partial charge is 1.00 e. The maximum atomic E-state index is 15.3. The molecule has 706 valence electrons. The summed E-state index contributed by atoms with van der Waals surface area (Å²) in [5.41, 5.74) is 15.4. The third-order valence-corrected chi connectivity index (χ3v) is 28.2. The van der Waals surface area contributed by atoms with Gasteiger partial charge in [0.05, 0.1) is 60.5 Å². The summed E-state index contributed by atoms with van der Waals surface area (Å²) in [5, 5.41) is 32.3. The molecule has 133 heavy (non-hydrogen) atoms. The van der Waals surface area contributed by atoms with Crippen molar-refractivity contribution in [2.24, 2.45) is 52.9 Å². The summed E-state index contributed by atoms with van der Waals surface area (Å²) in [6.07, 6.45) is 29.2. The molecule has 29 nitrogen and oxygen atoms in total. The molecule has 7 aromatic rings. The van der Waals surface area contributed by atoms with Crippen molar-refractivity contribution in [3.8, 4) is 0 Å². The van der Waals surface area contributed by atoms with Crippen molar-refractivity contribution in [3.63, 3.8) is 0 Å². The number of likely N-dealkylation sites (tertiary alicyclic amines) is 3. The summed E-state index contributed by atoms with van der Waals surface area (Å²) < 4.78 is 72.2. The molecular formula is C96H120Cl2F3K2N15O14S. The molecule has 3 aromatic carbocycles. The van der Waals surface area contributed by atoms with E-state index in [4.69, 9.17) is 47.7 Å². The fourth-order valence-electron chi connectivity index (χ4n) is 18.3. The van der Waals surface area contributed by atoms with Gasteiger partial charge in [-0.05, 0) is 312 Å². The van der Waals surface area contributed by atoms with Crippen LogP contribution in [0.3, 0.4) is 0 Å². The van der Waals surface area contributed by atoms with Gasteiger partial charge in [0.25, 0.3) is 6.47 Å². The number of anilines is 4. The van der Waals surface area contributed by atoms with E-state index in [0.717, 1.165) is 98.8 Å². The standard InChI is InChI=1S/C32H43FN4O4S.C29H30ClFN6O2.C23H27FN4O.C11H17NO4.CH2O3.ClH.2K.H/c1-30(2,3)41-29(39)37-26-17-21(26)18-27(37)28(38)35-25-19-23(9-10-24(25)33)32(14-11-20-7-8-20,22-12-15-34-16-13-22)36-42(40)31(4,5)6;30-21-4-6-26(34-16-21)36-28(39)37-24-13-18(24)14-25(37)27(38)35-23-15-20(3-5-22(23)31)29(32,10-7-17-1-2-17)19-8-11-33-12-9-19;24-18-4-3-17(13-20(18)28-22(29)21-12-15-11-19(15)27-21)23(25,8-5-14-1-2-14)16-6-9-26-10-7-16;1-11(2,3)16-10(15)12-7-4-6(7)5-8(12)9(13)14;2-1-4-3;;;;/h9-10,12-13,15-16,19-21,26-27,36H,7-8,11,14,17-18H2,1-6H3,(H,35,38);3-6,8-9,11-12,15-18,24-25H,1-2,7,10,13-14,32H2,(H,35,38)(H,34,36,39);3-4,6-7,9-10,13-15,19,21,27H,1-2,5,8,11-12,25H2,(H,28,29);6-8H,4-5H2,1-3H3,(H,13,14);1,3H;1H;;;/q;;;;;;2*+1;-1/p-1/t21-,26-,27-,32?,42+;18-,24-,25-,29?;15-,19-,21-,23?;6-,7-,8-;;;;;/m1111...../s1. The van der Waals surface area contributed by atoms with Gasteiger partial charge in [-0.2, -0.15) is 0 Å². The fraction of sp³-hybridized carbons (Fsp3) is 0.521. The van der Waals surface area contributed by atoms with Gasteiger partial charge in [0.15, 0.2) is 0 Å². The number of aromatic nitrogens is 4. The van der Waals surface area contributed by atoms with Crippen LogP contribution in [0.4, 0.5) is 50.4 Å². The molecule has 7 aliphatic carbocycles. The molecule has 11 N–H and O–H groups in total. The first-order valence-corrected chi connectivity index (χ1v) is 46.5. The zero-order valence-corrected chi connectivity index (χ0v) is 85.7. The topological polar surface area (TPSA) is 410 Å². The zero-order chi connectivity index (χ0) is 93.1. The number of pyridine rings is 4. The summed E-state index contributed by atoms with van der Waals surface area (Å²) in [6, 6.07) is 26.5. The van der Waals surface area contributed by atoms with Crippen molar-refractivity contribution >= 4 is 106 Å². The van der Waals surface area contributed by atoms with E-state index in [1.165, 1.54) is 59.9 Å². The summed E-state index contributed by atoms with van der Waals surface area (Å²) in [4.78, 5) is 121. The molecule has 0 spiro atoms. The third kappa shape index (κ3) is 27.3. The summed E-state index contributed by atoms with van der Waals surface area (Å²) in [7, 11) is -1.45. The number of amides is 7. The van der Waals surface area contributed by atoms with Gasteiger partial charge in [-0.25, -0.2) is 46.3 Å². The number of carboxylic acids is 1. The number of carbonyl (C=O) groups is 8. The monoisotopic (exact) mass is 1940 g/mol. The average molecular weight is 1950 g/mol. The Morgan fingerprint density at radius 1 is 0.526 bits per heavy atom. The number of rotatable bonds is 26. The van der Waals surface area contributed by atoms with Gasteiger partial charge in [0, 0.05) is 67.5 Å². The smallest absolute Gasteiger partial charge is 1.00 e. The molecule has 18 rings (SSSR count). The van der Waals surface area contributed by atoms with Crippen LogP contribution in [-0.2, 0) is 65.9 Å². The molecule has 37 heteroatoms. The fourth-order valence-corrected chi connectivity index (χ4v) is 19.3. The van der Waals surface area contributed by atoms with Crippen molar-refractivity contribution in [3.05, 3.63) is 202 Å². The van der Waals surface area contributed by atoms with Crippen LogP contribution in [0.1, 0.15) is 226 Å². The maximum absolute atomic E-state index is 15.3. The van der Waals surface area contributed by atoms with Crippen LogP contribution in [0.15, 0.2) is 147 Å². The van der Waals surface area contributed by atoms with Crippen molar-refractivity contribution in [1.82, 2.24) is 44.7 Å². The first-order chi connectivity index (χ1) is 61.7. The summed E-state index contributed by atoms with van der Waals surface area (Å²) >= 11 is 5.89. The van der Waals surface area contributed by atoms with Crippen LogP contribution in [0.2, 0.25) is 5.02 Å². The molecule has 3 unspecified atom stereocenters. The van der Waals surface area contributed by atoms with Crippen LogP contribution < -0.4 is 151 Å². The van der Waals surface area contributed by atoms with Gasteiger partial charge in [0.1, 0.15) is 52.6 Å². The van der Waals surface area contributed by atoms with Gasteiger partial charge >= 0.3 is 127 Å². The van der Waals surface area contributed by atoms with Crippen LogP contribution in [0, 0.1) is 58.9 Å². The zero-order valence-electron chi connectivity index (χ0n) is 78.1. The number of nitrogens with two attached hydrogens (primary N) is 2. The number of urea groups is 1. The number of hydrogen-bond acceptors (Lipinski definition) is 20. The molecule has 0 radical (unpaired) electrons. The molecule has 11 fully saturated rings. The second-order valence-corrected chi connectivity index (χ2v) is 41.9. The molecule has 8 heterocycles. The summed E-state index contributed by atoms with van der Waals surface area (Å²) in [6.45, 7) is 16.3. The molecule has 11 aliphatic rings. The van der Waals surface area contributed by atoms with Gasteiger partial charge in [-0.15, -0.1) is 12.4 Å². The maximum Gasteiger partial charge on any atom is 1.00 e. The van der Waals surface area contributed by atoms with Crippen LogP contribution >= 0.6 is 24.0 Å². The Morgan fingerprint density at radius 3 is 1.31 bits per heavy atom. The number of fused-ring (bicyclic) bond motifs is 4. The van der Waals surface area contributed by atoms with E-state index >= 15 is 8.78 Å². The predicted octanol–water partition coefficient (Wildman–Crippen LogP) is 9.09. The number of benzene rings is 3. The number of hydrogen-bond donors (Lipinski definition) is 9. The average Bonchev–Trinajstić information content (AvgIpc) is 1.23. The molecule has 4 aliphatic heterocycles. The Balaban J connectivity index is 0.000000188. The number of piperidine rings is 4. The van der Waals surface area contributed by atoms with E-state index in [2.05, 4.69) is 56.1 Å². The second-order valence-electron chi connectivity index (χ2n) is 39.5. The Kier molecular flexibility index (Phi) is 35.9. The Bertz CT molecular complexity index is 5310. The number of halogens is 5. The van der Waals surface area contributed by atoms with Crippen LogP contribution in [0.25, 0.3) is 0 Å². The minimum absolute atomic E-state index is 0. The minimum Gasteiger partial charge on any atom is -1.00 e. The Morgan fingerprint density at radius 2 is 0.917 bits per heavy atom.